The van der Waals surface area contributed by atoms with Gasteiger partial charge in [0.25, 0.3) is 5.91 Å². The van der Waals surface area contributed by atoms with Crippen LogP contribution in [0.25, 0.3) is 0 Å². The third-order valence-corrected chi connectivity index (χ3v) is 3.22. The topological polar surface area (TPSA) is 60.8 Å². The number of carbonyl (C=O) groups excluding carboxylic acids is 1. The Morgan fingerprint density at radius 1 is 1.41 bits per heavy atom. The summed E-state index contributed by atoms with van der Waals surface area (Å²) in [5.74, 6) is -0.507. The maximum absolute atomic E-state index is 12.1. The first-order valence-electron chi connectivity index (χ1n) is 5.53. The third-order valence-electron chi connectivity index (χ3n) is 2.86. The van der Waals surface area contributed by atoms with Crippen molar-refractivity contribution in [1.82, 2.24) is 4.90 Å². The van der Waals surface area contributed by atoms with Crippen LogP contribution in [-0.4, -0.2) is 39.5 Å². The highest BCUT2D eigenvalue weighted by molar-refractivity contribution is 6.21. The lowest BCUT2D eigenvalue weighted by molar-refractivity contribution is 0.0724. The van der Waals surface area contributed by atoms with Gasteiger partial charge in [0.2, 0.25) is 0 Å². The summed E-state index contributed by atoms with van der Waals surface area (Å²) in [5.41, 5.74) is 0.202. The Balaban J connectivity index is 2.18. The molecule has 1 aromatic rings. The van der Waals surface area contributed by atoms with Crippen LogP contribution >= 0.6 is 11.6 Å². The van der Waals surface area contributed by atoms with Crippen LogP contribution in [0.15, 0.2) is 18.2 Å². The van der Waals surface area contributed by atoms with E-state index in [-0.39, 0.29) is 28.3 Å². The molecule has 1 aliphatic heterocycles. The lowest BCUT2D eigenvalue weighted by atomic mass is 10.1. The fourth-order valence-corrected chi connectivity index (χ4v) is 2.30. The van der Waals surface area contributed by atoms with Crippen molar-refractivity contribution in [2.24, 2.45) is 0 Å². The Morgan fingerprint density at radius 3 is 2.82 bits per heavy atom. The third kappa shape index (κ3) is 2.64. The molecule has 0 spiro atoms. The van der Waals surface area contributed by atoms with Gasteiger partial charge in [0.15, 0.2) is 0 Å². The lowest BCUT2D eigenvalue weighted by Crippen LogP contribution is -2.40. The molecule has 1 unspecified atom stereocenters. The molecule has 0 aromatic heterocycles. The van der Waals surface area contributed by atoms with Gasteiger partial charge in [-0.2, -0.15) is 0 Å². The Hall–Kier alpha value is -1.42. The largest absolute Gasteiger partial charge is 0.508 e. The highest BCUT2D eigenvalue weighted by atomic mass is 35.5. The Kier molecular flexibility index (Phi) is 3.43. The molecule has 4 nitrogen and oxygen atoms in total. The number of likely N-dealkylation sites (tertiary alicyclic amines) is 1. The molecular formula is C12H14ClNO3. The van der Waals surface area contributed by atoms with Crippen molar-refractivity contribution in [2.75, 3.05) is 13.1 Å². The lowest BCUT2D eigenvalue weighted by Gasteiger charge is -2.30. The smallest absolute Gasteiger partial charge is 0.257 e. The van der Waals surface area contributed by atoms with E-state index >= 15 is 0 Å². The molecule has 1 aromatic carbocycles. The SMILES string of the molecule is O=C(c1ccc(O)cc1O)N1CCCC(Cl)C1. The summed E-state index contributed by atoms with van der Waals surface area (Å²) in [7, 11) is 0. The number of hydrogen-bond donors (Lipinski definition) is 2. The molecule has 1 saturated heterocycles. The van der Waals surface area contributed by atoms with Crippen LogP contribution < -0.4 is 0 Å². The molecule has 1 amide bonds. The van der Waals surface area contributed by atoms with Gasteiger partial charge in [0, 0.05) is 19.2 Å². The molecule has 2 rings (SSSR count). The van der Waals surface area contributed by atoms with Gasteiger partial charge in [0.05, 0.1) is 10.9 Å². The Bertz CT molecular complexity index is 436. The zero-order valence-corrected chi connectivity index (χ0v) is 10.0. The predicted molar refractivity (Wildman–Crippen MR) is 64.6 cm³/mol. The van der Waals surface area contributed by atoms with E-state index in [9.17, 15) is 9.90 Å². The summed E-state index contributed by atoms with van der Waals surface area (Å²) in [5, 5.41) is 18.8. The van der Waals surface area contributed by atoms with Crippen molar-refractivity contribution in [1.29, 1.82) is 0 Å². The fourth-order valence-electron chi connectivity index (χ4n) is 1.98. The van der Waals surface area contributed by atoms with E-state index in [1.54, 1.807) is 4.90 Å². The fraction of sp³-hybridized carbons (Fsp3) is 0.417. The number of alkyl halides is 1. The minimum Gasteiger partial charge on any atom is -0.508 e. The summed E-state index contributed by atoms with van der Waals surface area (Å²) in [6, 6.07) is 3.97. The Labute approximate surface area is 104 Å². The molecule has 17 heavy (non-hydrogen) atoms. The van der Waals surface area contributed by atoms with E-state index in [1.165, 1.54) is 12.1 Å². The maximum atomic E-state index is 12.1. The number of carbonyl (C=O) groups is 1. The zero-order chi connectivity index (χ0) is 12.4. The zero-order valence-electron chi connectivity index (χ0n) is 9.27. The molecule has 1 atom stereocenters. The second kappa shape index (κ2) is 4.84. The average Bonchev–Trinajstić information content (AvgIpc) is 2.28. The molecular weight excluding hydrogens is 242 g/mol. The second-order valence-electron chi connectivity index (χ2n) is 4.19. The first-order valence-corrected chi connectivity index (χ1v) is 5.97. The maximum Gasteiger partial charge on any atom is 0.257 e. The second-order valence-corrected chi connectivity index (χ2v) is 4.81. The molecule has 2 N–H and O–H groups in total. The monoisotopic (exact) mass is 255 g/mol. The summed E-state index contributed by atoms with van der Waals surface area (Å²) in [4.78, 5) is 13.7. The van der Waals surface area contributed by atoms with Crippen LogP contribution in [0.2, 0.25) is 0 Å². The quantitative estimate of drug-likeness (QED) is 0.754. The standard InChI is InChI=1S/C12H14ClNO3/c13-8-2-1-5-14(7-8)12(17)10-4-3-9(15)6-11(10)16/h3-4,6,8,15-16H,1-2,5,7H2. The minimum atomic E-state index is -0.243. The van der Waals surface area contributed by atoms with Crippen LogP contribution in [-0.2, 0) is 0 Å². The number of rotatable bonds is 1. The molecule has 1 fully saturated rings. The number of phenols is 2. The Morgan fingerprint density at radius 2 is 2.18 bits per heavy atom. The van der Waals surface area contributed by atoms with Gasteiger partial charge in [-0.3, -0.25) is 4.79 Å². The molecule has 1 heterocycles. The average molecular weight is 256 g/mol. The summed E-state index contributed by atoms with van der Waals surface area (Å²) < 4.78 is 0. The number of benzene rings is 1. The molecule has 0 aliphatic carbocycles. The van der Waals surface area contributed by atoms with Crippen LogP contribution in [0.3, 0.4) is 0 Å². The number of aromatic hydroxyl groups is 2. The summed E-state index contributed by atoms with van der Waals surface area (Å²) in [6.45, 7) is 1.16. The van der Waals surface area contributed by atoms with Crippen molar-refractivity contribution in [3.63, 3.8) is 0 Å². The predicted octanol–water partition coefficient (Wildman–Crippen LogP) is 1.94. The highest BCUT2D eigenvalue weighted by Gasteiger charge is 2.24. The van der Waals surface area contributed by atoms with E-state index < -0.39 is 0 Å². The normalized spacial score (nSPS) is 20.3. The highest BCUT2D eigenvalue weighted by Crippen LogP contribution is 2.25. The van der Waals surface area contributed by atoms with Gasteiger partial charge in [-0.25, -0.2) is 0 Å². The van der Waals surface area contributed by atoms with Gasteiger partial charge in [-0.15, -0.1) is 11.6 Å². The van der Waals surface area contributed by atoms with Gasteiger partial charge in [-0.1, -0.05) is 0 Å². The van der Waals surface area contributed by atoms with Crippen molar-refractivity contribution in [3.05, 3.63) is 23.8 Å². The number of hydrogen-bond acceptors (Lipinski definition) is 3. The van der Waals surface area contributed by atoms with Gasteiger partial charge < -0.3 is 15.1 Å². The summed E-state index contributed by atoms with van der Waals surface area (Å²) >= 11 is 6.01. The molecule has 5 heteroatoms. The van der Waals surface area contributed by atoms with Gasteiger partial charge in [-0.05, 0) is 25.0 Å². The van der Waals surface area contributed by atoms with E-state index in [0.717, 1.165) is 18.9 Å². The van der Waals surface area contributed by atoms with Gasteiger partial charge >= 0.3 is 0 Å². The first-order chi connectivity index (χ1) is 8.08. The number of halogens is 1. The van der Waals surface area contributed by atoms with Crippen LogP contribution in [0.5, 0.6) is 11.5 Å². The van der Waals surface area contributed by atoms with E-state index in [1.807, 2.05) is 0 Å². The van der Waals surface area contributed by atoms with Crippen LogP contribution in [0, 0.1) is 0 Å². The van der Waals surface area contributed by atoms with Crippen molar-refractivity contribution in [2.45, 2.75) is 18.2 Å². The van der Waals surface area contributed by atoms with Crippen molar-refractivity contribution < 1.29 is 15.0 Å². The molecule has 0 bridgehead atoms. The van der Waals surface area contributed by atoms with Gasteiger partial charge in [0.1, 0.15) is 11.5 Å². The number of nitrogens with zero attached hydrogens (tertiary/aromatic N) is 1. The summed E-state index contributed by atoms with van der Waals surface area (Å²) in [6.07, 6.45) is 1.78. The van der Waals surface area contributed by atoms with Crippen LogP contribution in [0.1, 0.15) is 23.2 Å². The number of piperidine rings is 1. The van der Waals surface area contributed by atoms with E-state index in [2.05, 4.69) is 0 Å². The number of phenolic OH excluding ortho intramolecular Hbond substituents is 2. The van der Waals surface area contributed by atoms with Crippen molar-refractivity contribution in [3.8, 4) is 11.5 Å². The first kappa shape index (κ1) is 12.0. The van der Waals surface area contributed by atoms with Crippen molar-refractivity contribution >= 4 is 17.5 Å². The molecule has 0 radical (unpaired) electrons. The molecule has 0 saturated carbocycles. The minimum absolute atomic E-state index is 0.0213. The molecule has 1 aliphatic rings. The van der Waals surface area contributed by atoms with Crippen LogP contribution in [0.4, 0.5) is 0 Å². The number of amides is 1. The molecule has 92 valence electrons. The van der Waals surface area contributed by atoms with E-state index in [4.69, 9.17) is 16.7 Å². The van der Waals surface area contributed by atoms with E-state index in [0.29, 0.717) is 13.1 Å².